The van der Waals surface area contributed by atoms with Crippen molar-refractivity contribution in [2.45, 2.75) is 26.4 Å². The number of piperazine rings is 1. The number of carbonyl (C=O) groups excluding carboxylic acids is 2. The molecule has 1 aliphatic heterocycles. The highest BCUT2D eigenvalue weighted by Gasteiger charge is 2.31. The van der Waals surface area contributed by atoms with E-state index in [-0.39, 0.29) is 17.7 Å². The molecule has 1 aromatic heterocycles. The fourth-order valence-electron chi connectivity index (χ4n) is 3.29. The monoisotopic (exact) mass is 403 g/mol. The zero-order valence-corrected chi connectivity index (χ0v) is 17.0. The zero-order chi connectivity index (χ0) is 20.1. The number of thiophene rings is 1. The summed E-state index contributed by atoms with van der Waals surface area (Å²) in [6.45, 7) is 7.69. The molecular formula is C21H26FN3O2S. The number of benzene rings is 1. The molecule has 0 spiro atoms. The van der Waals surface area contributed by atoms with Gasteiger partial charge in [0.1, 0.15) is 11.9 Å². The van der Waals surface area contributed by atoms with E-state index >= 15 is 0 Å². The topological polar surface area (TPSA) is 52.7 Å². The Morgan fingerprint density at radius 3 is 2.36 bits per heavy atom. The number of hydrogen-bond donors (Lipinski definition) is 1. The number of nitrogens with zero attached hydrogens (tertiary/aromatic N) is 2. The zero-order valence-electron chi connectivity index (χ0n) is 16.2. The molecule has 1 aliphatic rings. The lowest BCUT2D eigenvalue weighted by Crippen LogP contribution is -2.56. The highest BCUT2D eigenvalue weighted by molar-refractivity contribution is 7.09. The lowest BCUT2D eigenvalue weighted by molar-refractivity contribution is -0.136. The van der Waals surface area contributed by atoms with E-state index in [4.69, 9.17) is 0 Å². The van der Waals surface area contributed by atoms with Crippen molar-refractivity contribution in [1.29, 1.82) is 0 Å². The minimum Gasteiger partial charge on any atom is -0.340 e. The summed E-state index contributed by atoms with van der Waals surface area (Å²) in [5, 5.41) is 4.91. The molecule has 0 aliphatic carbocycles. The van der Waals surface area contributed by atoms with Crippen LogP contribution in [0.1, 0.15) is 29.1 Å². The van der Waals surface area contributed by atoms with Gasteiger partial charge in [-0.15, -0.1) is 11.3 Å². The first-order chi connectivity index (χ1) is 13.4. The van der Waals surface area contributed by atoms with Gasteiger partial charge in [0.15, 0.2) is 0 Å². The Balaban J connectivity index is 1.57. The summed E-state index contributed by atoms with van der Waals surface area (Å²) in [4.78, 5) is 31.0. The van der Waals surface area contributed by atoms with Crippen LogP contribution in [0.5, 0.6) is 0 Å². The number of hydrogen-bond acceptors (Lipinski definition) is 4. The predicted octanol–water partition coefficient (Wildman–Crippen LogP) is 2.99. The second-order valence-electron chi connectivity index (χ2n) is 7.38. The van der Waals surface area contributed by atoms with Crippen LogP contribution in [0.15, 0.2) is 41.8 Å². The molecule has 28 heavy (non-hydrogen) atoms. The third-order valence-corrected chi connectivity index (χ3v) is 5.83. The summed E-state index contributed by atoms with van der Waals surface area (Å²) >= 11 is 1.74. The average Bonchev–Trinajstić information content (AvgIpc) is 3.19. The highest BCUT2D eigenvalue weighted by atomic mass is 32.1. The van der Waals surface area contributed by atoms with E-state index in [0.29, 0.717) is 18.7 Å². The van der Waals surface area contributed by atoms with E-state index in [1.54, 1.807) is 11.3 Å². The Hall–Kier alpha value is -2.25. The maximum atomic E-state index is 13.1. The molecule has 2 amide bonds. The number of amides is 2. The fourth-order valence-corrected chi connectivity index (χ4v) is 4.03. The largest absolute Gasteiger partial charge is 0.340 e. The van der Waals surface area contributed by atoms with Crippen molar-refractivity contribution in [3.63, 3.8) is 0 Å². The van der Waals surface area contributed by atoms with Crippen LogP contribution in [0.2, 0.25) is 0 Å². The summed E-state index contributed by atoms with van der Waals surface area (Å²) in [6, 6.07) is 8.92. The van der Waals surface area contributed by atoms with Crippen molar-refractivity contribution in [3.05, 3.63) is 58.0 Å². The van der Waals surface area contributed by atoms with Gasteiger partial charge in [0.25, 0.3) is 5.91 Å². The molecule has 0 bridgehead atoms. The molecule has 1 aromatic carbocycles. The van der Waals surface area contributed by atoms with Crippen molar-refractivity contribution >= 4 is 23.2 Å². The molecule has 0 radical (unpaired) electrons. The van der Waals surface area contributed by atoms with Crippen LogP contribution in [0.3, 0.4) is 0 Å². The molecule has 2 aromatic rings. The van der Waals surface area contributed by atoms with E-state index in [9.17, 15) is 14.0 Å². The lowest BCUT2D eigenvalue weighted by Gasteiger charge is -2.37. The van der Waals surface area contributed by atoms with Gasteiger partial charge in [0.2, 0.25) is 5.91 Å². The van der Waals surface area contributed by atoms with Gasteiger partial charge in [-0.1, -0.05) is 19.9 Å². The molecule has 1 saturated heterocycles. The van der Waals surface area contributed by atoms with Crippen molar-refractivity contribution in [2.24, 2.45) is 5.92 Å². The molecule has 7 heteroatoms. The molecule has 150 valence electrons. The van der Waals surface area contributed by atoms with E-state index < -0.39 is 11.9 Å². The SMILES string of the molecule is CC(C)[C@H](NC(=O)c1ccc(F)cc1)C(=O)N1CCN(Cc2cccs2)CC1. The Bertz CT molecular complexity index is 784. The van der Waals surface area contributed by atoms with Gasteiger partial charge in [-0.05, 0) is 41.6 Å². The van der Waals surface area contributed by atoms with Crippen molar-refractivity contribution < 1.29 is 14.0 Å². The van der Waals surface area contributed by atoms with Gasteiger partial charge >= 0.3 is 0 Å². The van der Waals surface area contributed by atoms with Crippen LogP contribution in [-0.4, -0.2) is 53.8 Å². The van der Waals surface area contributed by atoms with Crippen LogP contribution in [0, 0.1) is 11.7 Å². The fraction of sp³-hybridized carbons (Fsp3) is 0.429. The van der Waals surface area contributed by atoms with E-state index in [1.165, 1.54) is 29.1 Å². The smallest absolute Gasteiger partial charge is 0.251 e. The van der Waals surface area contributed by atoms with Crippen LogP contribution in [0.4, 0.5) is 4.39 Å². The molecule has 1 N–H and O–H groups in total. The second kappa shape index (κ2) is 9.30. The standard InChI is InChI=1S/C21H26FN3O2S/c1-15(2)19(23-20(26)16-5-7-17(22)8-6-16)21(27)25-11-9-24(10-12-25)14-18-4-3-13-28-18/h3-8,13,15,19H,9-12,14H2,1-2H3,(H,23,26)/t19-/m0/s1. The number of nitrogens with one attached hydrogen (secondary N) is 1. The van der Waals surface area contributed by atoms with Crippen molar-refractivity contribution in [1.82, 2.24) is 15.1 Å². The van der Waals surface area contributed by atoms with Crippen LogP contribution in [-0.2, 0) is 11.3 Å². The summed E-state index contributed by atoms with van der Waals surface area (Å²) in [7, 11) is 0. The number of carbonyl (C=O) groups is 2. The maximum Gasteiger partial charge on any atom is 0.251 e. The third-order valence-electron chi connectivity index (χ3n) is 4.97. The average molecular weight is 404 g/mol. The number of rotatable bonds is 6. The van der Waals surface area contributed by atoms with E-state index in [1.807, 2.05) is 18.7 Å². The Labute approximate surface area is 169 Å². The summed E-state index contributed by atoms with van der Waals surface area (Å²) in [5.74, 6) is -0.848. The molecule has 3 rings (SSSR count). The highest BCUT2D eigenvalue weighted by Crippen LogP contribution is 2.15. The minimum absolute atomic E-state index is 0.0407. The van der Waals surface area contributed by atoms with Gasteiger partial charge in [0, 0.05) is 43.2 Å². The summed E-state index contributed by atoms with van der Waals surface area (Å²) in [6.07, 6.45) is 0. The Kier molecular flexibility index (Phi) is 6.80. The summed E-state index contributed by atoms with van der Waals surface area (Å²) < 4.78 is 13.1. The first kappa shape index (κ1) is 20.5. The molecule has 0 saturated carbocycles. The molecule has 2 heterocycles. The van der Waals surface area contributed by atoms with Crippen LogP contribution in [0.25, 0.3) is 0 Å². The van der Waals surface area contributed by atoms with Gasteiger partial charge in [-0.25, -0.2) is 4.39 Å². The Morgan fingerprint density at radius 1 is 1.11 bits per heavy atom. The Morgan fingerprint density at radius 2 is 1.79 bits per heavy atom. The van der Waals surface area contributed by atoms with Crippen LogP contribution >= 0.6 is 11.3 Å². The van der Waals surface area contributed by atoms with Gasteiger partial charge in [-0.2, -0.15) is 0 Å². The second-order valence-corrected chi connectivity index (χ2v) is 8.42. The first-order valence-electron chi connectivity index (χ1n) is 9.54. The van der Waals surface area contributed by atoms with Crippen molar-refractivity contribution in [3.8, 4) is 0 Å². The first-order valence-corrected chi connectivity index (χ1v) is 10.4. The quantitative estimate of drug-likeness (QED) is 0.807. The van der Waals surface area contributed by atoms with Crippen molar-refractivity contribution in [2.75, 3.05) is 26.2 Å². The molecule has 0 unspecified atom stereocenters. The normalized spacial score (nSPS) is 16.2. The lowest BCUT2D eigenvalue weighted by atomic mass is 10.0. The minimum atomic E-state index is -0.596. The number of halogens is 1. The van der Waals surface area contributed by atoms with E-state index in [2.05, 4.69) is 27.7 Å². The van der Waals surface area contributed by atoms with Gasteiger partial charge < -0.3 is 10.2 Å². The molecule has 1 fully saturated rings. The maximum absolute atomic E-state index is 13.1. The van der Waals surface area contributed by atoms with Gasteiger partial charge in [-0.3, -0.25) is 14.5 Å². The predicted molar refractivity (Wildman–Crippen MR) is 109 cm³/mol. The van der Waals surface area contributed by atoms with E-state index in [0.717, 1.165) is 19.6 Å². The summed E-state index contributed by atoms with van der Waals surface area (Å²) in [5.41, 5.74) is 0.348. The molecule has 5 nitrogen and oxygen atoms in total. The van der Waals surface area contributed by atoms with Crippen LogP contribution < -0.4 is 5.32 Å². The molecular weight excluding hydrogens is 377 g/mol. The molecule has 1 atom stereocenters. The third kappa shape index (κ3) is 5.17. The van der Waals surface area contributed by atoms with Gasteiger partial charge in [0.05, 0.1) is 0 Å².